The Morgan fingerprint density at radius 1 is 1.26 bits per heavy atom. The number of nitrogens with one attached hydrogen (secondary N) is 1. The summed E-state index contributed by atoms with van der Waals surface area (Å²) >= 11 is 0. The lowest BCUT2D eigenvalue weighted by atomic mass is 9.97. The number of ether oxygens (including phenoxy) is 1. The molecule has 0 aliphatic rings. The molecule has 0 spiro atoms. The number of anilines is 1. The van der Waals surface area contributed by atoms with Crippen molar-refractivity contribution in [3.05, 3.63) is 69.8 Å². The fourth-order valence-corrected chi connectivity index (χ4v) is 2.49. The first-order valence-corrected chi connectivity index (χ1v) is 8.16. The molecule has 0 heterocycles. The van der Waals surface area contributed by atoms with Gasteiger partial charge in [0.25, 0.3) is 11.6 Å². The monoisotopic (exact) mass is 367 g/mol. The van der Waals surface area contributed by atoms with Crippen LogP contribution in [0.15, 0.2) is 48.5 Å². The van der Waals surface area contributed by atoms with Crippen LogP contribution in [0.4, 0.5) is 11.4 Å². The quantitative estimate of drug-likeness (QED) is 0.456. The second-order valence-electron chi connectivity index (χ2n) is 5.63. The largest absolute Gasteiger partial charge is 0.455 e. The standard InChI is InChI=1S/C19H17N3O5/c1-2-16(13-6-4-3-5-7-13)19(24)27-12-18(23)21-17-9-8-15(22(25)26)10-14(17)11-20/h3-10,16H,2,12H2,1H3,(H,21,23)/t16-/m1/s1. The van der Waals surface area contributed by atoms with Crippen molar-refractivity contribution in [2.24, 2.45) is 0 Å². The molecule has 1 atom stereocenters. The number of nitro benzene ring substituents is 1. The molecular formula is C19H17N3O5. The van der Waals surface area contributed by atoms with Crippen LogP contribution in [0.5, 0.6) is 0 Å². The number of carbonyl (C=O) groups excluding carboxylic acids is 2. The van der Waals surface area contributed by atoms with Gasteiger partial charge in [-0.25, -0.2) is 0 Å². The van der Waals surface area contributed by atoms with Crippen LogP contribution in [0.25, 0.3) is 0 Å². The van der Waals surface area contributed by atoms with Gasteiger partial charge in [-0.05, 0) is 18.1 Å². The third-order valence-electron chi connectivity index (χ3n) is 3.85. The van der Waals surface area contributed by atoms with Crippen LogP contribution < -0.4 is 5.32 Å². The number of rotatable bonds is 7. The first-order chi connectivity index (χ1) is 13.0. The number of amides is 1. The normalized spacial score (nSPS) is 11.1. The molecule has 0 saturated carbocycles. The van der Waals surface area contributed by atoms with Crippen molar-refractivity contribution in [3.8, 4) is 6.07 Å². The van der Waals surface area contributed by atoms with Gasteiger partial charge in [-0.15, -0.1) is 0 Å². The minimum atomic E-state index is -0.642. The van der Waals surface area contributed by atoms with Crippen LogP contribution in [0, 0.1) is 21.4 Å². The lowest BCUT2D eigenvalue weighted by molar-refractivity contribution is -0.384. The van der Waals surface area contributed by atoms with E-state index >= 15 is 0 Å². The second-order valence-corrected chi connectivity index (χ2v) is 5.63. The summed E-state index contributed by atoms with van der Waals surface area (Å²) in [6.45, 7) is 1.32. The number of hydrogen-bond donors (Lipinski definition) is 1. The van der Waals surface area contributed by atoms with Crippen molar-refractivity contribution in [2.45, 2.75) is 19.3 Å². The molecule has 138 valence electrons. The molecule has 0 fully saturated rings. The predicted octanol–water partition coefficient (Wildman–Crippen LogP) is 3.14. The number of carbonyl (C=O) groups is 2. The topological polar surface area (TPSA) is 122 Å². The minimum Gasteiger partial charge on any atom is -0.455 e. The zero-order valence-electron chi connectivity index (χ0n) is 14.5. The molecule has 27 heavy (non-hydrogen) atoms. The summed E-state index contributed by atoms with van der Waals surface area (Å²) in [6, 6.07) is 14.4. The molecular weight excluding hydrogens is 350 g/mol. The summed E-state index contributed by atoms with van der Waals surface area (Å²) in [5.41, 5.74) is 0.594. The van der Waals surface area contributed by atoms with Crippen LogP contribution in [-0.4, -0.2) is 23.4 Å². The molecule has 2 aromatic rings. The summed E-state index contributed by atoms with van der Waals surface area (Å²) in [7, 11) is 0. The number of benzene rings is 2. The van der Waals surface area contributed by atoms with E-state index in [0.29, 0.717) is 6.42 Å². The fraction of sp³-hybridized carbons (Fsp3) is 0.211. The molecule has 0 unspecified atom stereocenters. The summed E-state index contributed by atoms with van der Waals surface area (Å²) in [4.78, 5) is 34.4. The maximum absolute atomic E-state index is 12.2. The predicted molar refractivity (Wildman–Crippen MR) is 96.9 cm³/mol. The van der Waals surface area contributed by atoms with E-state index in [4.69, 9.17) is 10.00 Å². The molecule has 0 aromatic heterocycles. The Hall–Kier alpha value is -3.73. The van der Waals surface area contributed by atoms with Gasteiger partial charge >= 0.3 is 5.97 Å². The smallest absolute Gasteiger partial charge is 0.313 e. The van der Waals surface area contributed by atoms with Gasteiger partial charge in [0.05, 0.1) is 22.1 Å². The van der Waals surface area contributed by atoms with Crippen molar-refractivity contribution in [1.29, 1.82) is 5.26 Å². The fourth-order valence-electron chi connectivity index (χ4n) is 2.49. The van der Waals surface area contributed by atoms with Crippen LogP contribution in [0.3, 0.4) is 0 Å². The van der Waals surface area contributed by atoms with E-state index in [0.717, 1.165) is 11.6 Å². The molecule has 8 nitrogen and oxygen atoms in total. The highest BCUT2D eigenvalue weighted by molar-refractivity contribution is 5.94. The van der Waals surface area contributed by atoms with E-state index in [9.17, 15) is 19.7 Å². The molecule has 1 amide bonds. The highest BCUT2D eigenvalue weighted by Crippen LogP contribution is 2.22. The molecule has 2 rings (SSSR count). The maximum atomic E-state index is 12.2. The van der Waals surface area contributed by atoms with Gasteiger partial charge in [0.1, 0.15) is 6.07 Å². The van der Waals surface area contributed by atoms with Crippen molar-refractivity contribution in [1.82, 2.24) is 0 Å². The van der Waals surface area contributed by atoms with Crippen LogP contribution in [0.2, 0.25) is 0 Å². The summed E-state index contributed by atoms with van der Waals surface area (Å²) < 4.78 is 5.08. The molecule has 2 aromatic carbocycles. The molecule has 0 saturated heterocycles. The molecule has 1 N–H and O–H groups in total. The minimum absolute atomic E-state index is 0.0559. The van der Waals surface area contributed by atoms with E-state index in [2.05, 4.69) is 5.32 Å². The highest BCUT2D eigenvalue weighted by Gasteiger charge is 2.21. The number of esters is 1. The van der Waals surface area contributed by atoms with Crippen LogP contribution in [0.1, 0.15) is 30.4 Å². The third kappa shape index (κ3) is 5.12. The van der Waals surface area contributed by atoms with Gasteiger partial charge in [-0.2, -0.15) is 5.26 Å². The molecule has 0 radical (unpaired) electrons. The first-order valence-electron chi connectivity index (χ1n) is 8.16. The molecule has 8 heteroatoms. The van der Waals surface area contributed by atoms with Crippen molar-refractivity contribution in [3.63, 3.8) is 0 Å². The van der Waals surface area contributed by atoms with Crippen molar-refractivity contribution < 1.29 is 19.2 Å². The number of nitrogens with zero attached hydrogens (tertiary/aromatic N) is 2. The Kier molecular flexibility index (Phi) is 6.61. The van der Waals surface area contributed by atoms with Gasteiger partial charge in [-0.1, -0.05) is 37.3 Å². The van der Waals surface area contributed by atoms with Crippen LogP contribution in [-0.2, 0) is 14.3 Å². The van der Waals surface area contributed by atoms with Gasteiger partial charge < -0.3 is 10.1 Å². The van der Waals surface area contributed by atoms with E-state index < -0.39 is 29.3 Å². The third-order valence-corrected chi connectivity index (χ3v) is 3.85. The second kappa shape index (κ2) is 9.10. The van der Waals surface area contributed by atoms with Gasteiger partial charge in [-0.3, -0.25) is 19.7 Å². The van der Waals surface area contributed by atoms with Gasteiger partial charge in [0.15, 0.2) is 6.61 Å². The summed E-state index contributed by atoms with van der Waals surface area (Å²) in [5, 5.41) is 22.2. The Morgan fingerprint density at radius 2 is 1.96 bits per heavy atom. The Balaban J connectivity index is 1.99. The maximum Gasteiger partial charge on any atom is 0.313 e. The van der Waals surface area contributed by atoms with Crippen molar-refractivity contribution in [2.75, 3.05) is 11.9 Å². The Bertz CT molecular complexity index is 890. The number of non-ortho nitro benzene ring substituents is 1. The van der Waals surface area contributed by atoms with Crippen molar-refractivity contribution >= 4 is 23.3 Å². The zero-order valence-corrected chi connectivity index (χ0v) is 14.5. The number of nitro groups is 1. The van der Waals surface area contributed by atoms with Gasteiger partial charge in [0.2, 0.25) is 0 Å². The lowest BCUT2D eigenvalue weighted by Crippen LogP contribution is -2.24. The summed E-state index contributed by atoms with van der Waals surface area (Å²) in [6.07, 6.45) is 0.519. The number of hydrogen-bond acceptors (Lipinski definition) is 6. The lowest BCUT2D eigenvalue weighted by Gasteiger charge is -2.14. The Labute approximate surface area is 155 Å². The average Bonchev–Trinajstić information content (AvgIpc) is 2.68. The van der Waals surface area contributed by atoms with Crippen LogP contribution >= 0.6 is 0 Å². The van der Waals surface area contributed by atoms with Gasteiger partial charge in [0, 0.05) is 12.1 Å². The zero-order chi connectivity index (χ0) is 19.8. The SMILES string of the molecule is CC[C@@H](C(=O)OCC(=O)Nc1ccc([N+](=O)[O-])cc1C#N)c1ccccc1. The van der Waals surface area contributed by atoms with E-state index in [1.165, 1.54) is 12.1 Å². The van der Waals surface area contributed by atoms with E-state index in [-0.39, 0.29) is 16.9 Å². The number of nitriles is 1. The average molecular weight is 367 g/mol. The first kappa shape index (κ1) is 19.6. The highest BCUT2D eigenvalue weighted by atomic mass is 16.6. The molecule has 0 aliphatic carbocycles. The Morgan fingerprint density at radius 3 is 2.56 bits per heavy atom. The summed E-state index contributed by atoms with van der Waals surface area (Å²) in [5.74, 6) is -1.65. The van der Waals surface area contributed by atoms with E-state index in [1.807, 2.05) is 37.3 Å². The molecule has 0 aliphatic heterocycles. The van der Waals surface area contributed by atoms with E-state index in [1.54, 1.807) is 6.07 Å². The molecule has 0 bridgehead atoms.